The second-order valence-corrected chi connectivity index (χ2v) is 12.9. The molecule has 3 aromatic rings. The van der Waals surface area contributed by atoms with Gasteiger partial charge in [0.05, 0.1) is 0 Å². The lowest BCUT2D eigenvalue weighted by molar-refractivity contribution is -0.768. The Morgan fingerprint density at radius 2 is 1.49 bits per heavy atom. The van der Waals surface area contributed by atoms with Gasteiger partial charge in [-0.1, -0.05) is 85.2 Å². The summed E-state index contributed by atoms with van der Waals surface area (Å²) in [5.74, 6) is 0. The van der Waals surface area contributed by atoms with Crippen LogP contribution in [0.25, 0.3) is 22.3 Å². The number of pyridine rings is 1. The van der Waals surface area contributed by atoms with Crippen LogP contribution in [0.4, 0.5) is 0 Å². The van der Waals surface area contributed by atoms with E-state index in [9.17, 15) is 0 Å². The predicted molar refractivity (Wildman–Crippen MR) is 157 cm³/mol. The van der Waals surface area contributed by atoms with Gasteiger partial charge in [0.1, 0.15) is 0 Å². The summed E-state index contributed by atoms with van der Waals surface area (Å²) < 4.78 is 2.66. The number of aromatic nitrogens is 1. The summed E-state index contributed by atoms with van der Waals surface area (Å²) in [4.78, 5) is 0. The number of nitrogens with zero attached hydrogens (tertiary/aromatic N) is 1. The molecule has 1 aromatic heterocycles. The molecule has 37 heavy (non-hydrogen) atoms. The first kappa shape index (κ1) is 24.7. The van der Waals surface area contributed by atoms with Gasteiger partial charge in [-0.3, -0.25) is 0 Å². The van der Waals surface area contributed by atoms with Crippen molar-refractivity contribution < 1.29 is 4.57 Å². The fourth-order valence-corrected chi connectivity index (χ4v) is 8.25. The number of fused-ring (bicyclic) bond motifs is 8. The van der Waals surface area contributed by atoms with Crippen LogP contribution in [0.3, 0.4) is 0 Å². The first-order valence-electron chi connectivity index (χ1n) is 14.8. The normalized spacial score (nSPS) is 19.5. The van der Waals surface area contributed by atoms with Gasteiger partial charge in [0.2, 0.25) is 5.69 Å². The Labute approximate surface area is 224 Å². The fraction of sp³-hybridized carbons (Fsp3) is 0.472. The Balaban J connectivity index is 1.56. The molecular formula is C36H44N+. The Hall–Kier alpha value is -2.67. The molecule has 0 unspecified atom stereocenters. The zero-order chi connectivity index (χ0) is 26.2. The maximum absolute atomic E-state index is 2.66. The molecular weight excluding hydrogens is 446 g/mol. The number of hydrogen-bond donors (Lipinski definition) is 0. The zero-order valence-corrected chi connectivity index (χ0v) is 24.1. The van der Waals surface area contributed by atoms with Gasteiger partial charge < -0.3 is 0 Å². The molecule has 1 nitrogen and oxygen atoms in total. The Kier molecular flexibility index (Phi) is 5.61. The molecule has 6 rings (SSSR count). The molecule has 192 valence electrons. The minimum absolute atomic E-state index is 0.00341. The first-order valence-corrected chi connectivity index (χ1v) is 14.8. The SMILES string of the molecule is CCCCc1ccc2c(c1)C(C)(C)c1c-2ccc2c1C(C)(C)C1=C2CCC(CC)(CC)[n+]2ccccc21. The average Bonchev–Trinajstić information content (AvgIpc) is 3.18. The summed E-state index contributed by atoms with van der Waals surface area (Å²) in [6.45, 7) is 17.0. The fourth-order valence-electron chi connectivity index (χ4n) is 8.25. The molecule has 0 atom stereocenters. The van der Waals surface area contributed by atoms with Gasteiger partial charge in [-0.25, -0.2) is 0 Å². The Bertz CT molecular complexity index is 1430. The van der Waals surface area contributed by atoms with E-state index in [-0.39, 0.29) is 16.4 Å². The molecule has 0 amide bonds. The summed E-state index contributed by atoms with van der Waals surface area (Å²) in [6, 6.07) is 19.1. The smallest absolute Gasteiger partial charge is 0.193 e. The lowest BCUT2D eigenvalue weighted by atomic mass is 9.71. The molecule has 3 aliphatic rings. The van der Waals surface area contributed by atoms with E-state index in [1.807, 2.05) is 0 Å². The number of aryl methyl sites for hydroxylation is 1. The lowest BCUT2D eigenvalue weighted by Gasteiger charge is -2.33. The number of allylic oxidation sites excluding steroid dienone is 2. The quantitative estimate of drug-likeness (QED) is 0.314. The Morgan fingerprint density at radius 3 is 2.22 bits per heavy atom. The molecule has 0 saturated carbocycles. The molecule has 1 heteroatoms. The van der Waals surface area contributed by atoms with Crippen LogP contribution in [0.1, 0.15) is 121 Å². The number of rotatable bonds is 5. The number of hydrogen-bond acceptors (Lipinski definition) is 0. The van der Waals surface area contributed by atoms with Gasteiger partial charge in [-0.05, 0) is 69.8 Å². The molecule has 0 saturated heterocycles. The van der Waals surface area contributed by atoms with Crippen LogP contribution >= 0.6 is 0 Å². The summed E-state index contributed by atoms with van der Waals surface area (Å²) in [6.07, 6.45) is 10.8. The molecule has 0 N–H and O–H groups in total. The lowest BCUT2D eigenvalue weighted by Crippen LogP contribution is -2.57. The third kappa shape index (κ3) is 3.25. The Morgan fingerprint density at radius 1 is 0.784 bits per heavy atom. The third-order valence-electron chi connectivity index (χ3n) is 10.4. The van der Waals surface area contributed by atoms with Crippen LogP contribution in [0.15, 0.2) is 54.7 Å². The van der Waals surface area contributed by atoms with Gasteiger partial charge >= 0.3 is 0 Å². The van der Waals surface area contributed by atoms with Crippen molar-refractivity contribution in [1.29, 1.82) is 0 Å². The molecule has 2 aromatic carbocycles. The van der Waals surface area contributed by atoms with E-state index in [0.29, 0.717) is 0 Å². The topological polar surface area (TPSA) is 3.88 Å². The largest absolute Gasteiger partial charge is 0.210 e. The monoisotopic (exact) mass is 490 g/mol. The van der Waals surface area contributed by atoms with Crippen LogP contribution < -0.4 is 4.57 Å². The molecule has 2 heterocycles. The van der Waals surface area contributed by atoms with Crippen LogP contribution in [0.2, 0.25) is 0 Å². The second-order valence-electron chi connectivity index (χ2n) is 12.9. The van der Waals surface area contributed by atoms with Crippen LogP contribution in [-0.2, 0) is 22.8 Å². The average molecular weight is 491 g/mol. The van der Waals surface area contributed by atoms with Crippen molar-refractivity contribution in [2.24, 2.45) is 0 Å². The number of unbranched alkanes of at least 4 members (excludes halogenated alkanes) is 1. The van der Waals surface area contributed by atoms with Crippen molar-refractivity contribution in [3.05, 3.63) is 88.2 Å². The molecule has 0 fully saturated rings. The van der Waals surface area contributed by atoms with Gasteiger partial charge in [0.15, 0.2) is 11.7 Å². The van der Waals surface area contributed by atoms with Gasteiger partial charge in [0, 0.05) is 47.8 Å². The van der Waals surface area contributed by atoms with Gasteiger partial charge in [-0.15, -0.1) is 0 Å². The zero-order valence-electron chi connectivity index (χ0n) is 24.1. The van der Waals surface area contributed by atoms with Crippen LogP contribution in [0.5, 0.6) is 0 Å². The first-order chi connectivity index (χ1) is 17.7. The van der Waals surface area contributed by atoms with E-state index in [4.69, 9.17) is 0 Å². The van der Waals surface area contributed by atoms with Gasteiger partial charge in [0.25, 0.3) is 0 Å². The maximum Gasteiger partial charge on any atom is 0.210 e. The third-order valence-corrected chi connectivity index (χ3v) is 10.4. The van der Waals surface area contributed by atoms with Crippen LogP contribution in [0, 0.1) is 0 Å². The highest BCUT2D eigenvalue weighted by Gasteiger charge is 2.52. The molecule has 0 radical (unpaired) electrons. The molecule has 0 bridgehead atoms. The molecule has 2 aliphatic carbocycles. The second kappa shape index (κ2) is 8.42. The van der Waals surface area contributed by atoms with E-state index in [0.717, 1.165) is 6.42 Å². The van der Waals surface area contributed by atoms with Crippen molar-refractivity contribution in [3.63, 3.8) is 0 Å². The summed E-state index contributed by atoms with van der Waals surface area (Å²) in [5.41, 5.74) is 15.4. The standard InChI is InChI=1S/C36H44N/c1-8-11-14-24-16-17-25-26-18-19-27-28-20-21-36(9-2,10-3)37-22-13-12-15-30(37)31(28)35(6,7)33(27)32(26)34(4,5)29(25)23-24/h12-13,15-19,22-23H,8-11,14,20-21H2,1-7H3/q+1. The van der Waals surface area contributed by atoms with Gasteiger partial charge in [-0.2, -0.15) is 4.57 Å². The van der Waals surface area contributed by atoms with Crippen LogP contribution in [-0.4, -0.2) is 0 Å². The summed E-state index contributed by atoms with van der Waals surface area (Å²) >= 11 is 0. The molecule has 1 aliphatic heterocycles. The van der Waals surface area contributed by atoms with Crippen molar-refractivity contribution in [2.75, 3.05) is 0 Å². The van der Waals surface area contributed by atoms with E-state index >= 15 is 0 Å². The van der Waals surface area contributed by atoms with Crippen molar-refractivity contribution >= 4 is 11.1 Å². The predicted octanol–water partition coefficient (Wildman–Crippen LogP) is 9.13. The van der Waals surface area contributed by atoms with E-state index < -0.39 is 0 Å². The van der Waals surface area contributed by atoms with E-state index in [2.05, 4.69) is 108 Å². The molecule has 0 spiro atoms. The van der Waals surface area contributed by atoms with Crippen molar-refractivity contribution in [3.8, 4) is 11.1 Å². The summed E-state index contributed by atoms with van der Waals surface area (Å²) in [7, 11) is 0. The van der Waals surface area contributed by atoms with E-state index in [1.54, 1.807) is 22.3 Å². The minimum Gasteiger partial charge on any atom is -0.193 e. The van der Waals surface area contributed by atoms with Crippen molar-refractivity contribution in [1.82, 2.24) is 0 Å². The number of benzene rings is 2. The minimum atomic E-state index is -0.0406. The summed E-state index contributed by atoms with van der Waals surface area (Å²) in [5, 5.41) is 0. The maximum atomic E-state index is 2.66. The highest BCUT2D eigenvalue weighted by Crippen LogP contribution is 2.61. The highest BCUT2D eigenvalue weighted by molar-refractivity contribution is 6.03. The highest BCUT2D eigenvalue weighted by atomic mass is 15.1. The van der Waals surface area contributed by atoms with Crippen molar-refractivity contribution in [2.45, 2.75) is 110 Å². The van der Waals surface area contributed by atoms with E-state index in [1.165, 1.54) is 72.0 Å².